The molecule has 0 spiro atoms. The second-order valence-electron chi connectivity index (χ2n) is 3.60. The Labute approximate surface area is 124 Å². The molecule has 2 rings (SSSR count). The molecule has 1 aromatic heterocycles. The Morgan fingerprint density at radius 1 is 1.21 bits per heavy atom. The fourth-order valence-corrected chi connectivity index (χ4v) is 3.96. The van der Waals surface area contributed by atoms with Gasteiger partial charge in [-0.3, -0.25) is 5.10 Å². The van der Waals surface area contributed by atoms with Crippen LogP contribution in [0, 0.1) is 0 Å². The van der Waals surface area contributed by atoms with Crippen molar-refractivity contribution < 1.29 is 8.42 Å². The van der Waals surface area contributed by atoms with Crippen LogP contribution in [0.5, 0.6) is 0 Å². The van der Waals surface area contributed by atoms with Gasteiger partial charge in [0.2, 0.25) is 10.0 Å². The van der Waals surface area contributed by atoms with Crippen molar-refractivity contribution >= 4 is 44.8 Å². The Kier molecular flexibility index (Phi) is 4.37. The molecule has 0 saturated heterocycles. The Morgan fingerprint density at radius 3 is 2.37 bits per heavy atom. The van der Waals surface area contributed by atoms with Crippen LogP contribution >= 0.6 is 34.8 Å². The third kappa shape index (κ3) is 3.40. The smallest absolute Gasteiger partial charge is 0.243 e. The van der Waals surface area contributed by atoms with E-state index in [1.165, 1.54) is 18.3 Å². The average molecular weight is 341 g/mol. The quantitative estimate of drug-likeness (QED) is 0.898. The number of H-pyrrole nitrogens is 1. The first-order chi connectivity index (χ1) is 8.90. The molecule has 102 valence electrons. The molecular weight excluding hydrogens is 333 g/mol. The zero-order valence-electron chi connectivity index (χ0n) is 9.32. The molecule has 0 aliphatic heterocycles. The van der Waals surface area contributed by atoms with Crippen LogP contribution in [0.4, 0.5) is 0 Å². The van der Waals surface area contributed by atoms with Gasteiger partial charge >= 0.3 is 0 Å². The number of hydrogen-bond acceptors (Lipinski definition) is 3. The highest BCUT2D eigenvalue weighted by Crippen LogP contribution is 2.32. The van der Waals surface area contributed by atoms with Gasteiger partial charge < -0.3 is 0 Å². The van der Waals surface area contributed by atoms with E-state index in [1.807, 2.05) is 0 Å². The minimum absolute atomic E-state index is 0.0328. The first-order valence-electron chi connectivity index (χ1n) is 5.02. The molecule has 0 aliphatic rings. The van der Waals surface area contributed by atoms with Crippen LogP contribution in [-0.4, -0.2) is 18.6 Å². The fourth-order valence-electron chi connectivity index (χ4n) is 1.41. The van der Waals surface area contributed by atoms with Crippen molar-refractivity contribution in [3.05, 3.63) is 45.2 Å². The van der Waals surface area contributed by atoms with E-state index in [-0.39, 0.29) is 26.5 Å². The Bertz CT molecular complexity index is 663. The maximum Gasteiger partial charge on any atom is 0.243 e. The van der Waals surface area contributed by atoms with Crippen LogP contribution in [0.1, 0.15) is 5.69 Å². The van der Waals surface area contributed by atoms with Gasteiger partial charge in [-0.2, -0.15) is 5.10 Å². The van der Waals surface area contributed by atoms with Crippen molar-refractivity contribution in [3.63, 3.8) is 0 Å². The number of rotatable bonds is 4. The molecule has 19 heavy (non-hydrogen) atoms. The average Bonchev–Trinajstić information content (AvgIpc) is 2.77. The van der Waals surface area contributed by atoms with Gasteiger partial charge in [-0.25, -0.2) is 13.1 Å². The van der Waals surface area contributed by atoms with E-state index < -0.39 is 10.0 Å². The monoisotopic (exact) mass is 339 g/mol. The van der Waals surface area contributed by atoms with Gasteiger partial charge in [-0.15, -0.1) is 0 Å². The summed E-state index contributed by atoms with van der Waals surface area (Å²) in [6.07, 6.45) is 1.52. The topological polar surface area (TPSA) is 74.8 Å². The molecular formula is C10H8Cl3N3O2S. The molecule has 5 nitrogen and oxygen atoms in total. The summed E-state index contributed by atoms with van der Waals surface area (Å²) in [4.78, 5) is -0.195. The zero-order valence-corrected chi connectivity index (χ0v) is 12.4. The van der Waals surface area contributed by atoms with E-state index in [1.54, 1.807) is 6.07 Å². The summed E-state index contributed by atoms with van der Waals surface area (Å²) in [5, 5.41) is 6.55. The van der Waals surface area contributed by atoms with Gasteiger partial charge in [-0.05, 0) is 18.2 Å². The van der Waals surface area contributed by atoms with Gasteiger partial charge in [0.05, 0.1) is 22.3 Å². The van der Waals surface area contributed by atoms with E-state index in [0.29, 0.717) is 5.69 Å². The molecule has 0 aliphatic carbocycles. The Hall–Kier alpha value is -0.790. The van der Waals surface area contributed by atoms with E-state index >= 15 is 0 Å². The summed E-state index contributed by atoms with van der Waals surface area (Å²) in [6, 6.07) is 4.28. The lowest BCUT2D eigenvalue weighted by atomic mass is 10.4. The molecule has 0 bridgehead atoms. The number of aromatic amines is 1. The minimum atomic E-state index is -3.83. The van der Waals surface area contributed by atoms with Crippen LogP contribution in [0.3, 0.4) is 0 Å². The third-order valence-electron chi connectivity index (χ3n) is 2.24. The summed E-state index contributed by atoms with van der Waals surface area (Å²) < 4.78 is 26.6. The Balaban J connectivity index is 2.29. The summed E-state index contributed by atoms with van der Waals surface area (Å²) in [6.45, 7) is 0.0532. The molecule has 0 fully saturated rings. The fraction of sp³-hybridized carbons (Fsp3) is 0.100. The van der Waals surface area contributed by atoms with Crippen LogP contribution in [-0.2, 0) is 16.6 Å². The second kappa shape index (κ2) is 5.68. The first-order valence-corrected chi connectivity index (χ1v) is 7.64. The largest absolute Gasteiger partial charge is 0.281 e. The van der Waals surface area contributed by atoms with Crippen molar-refractivity contribution in [2.45, 2.75) is 11.4 Å². The highest BCUT2D eigenvalue weighted by atomic mass is 35.5. The third-order valence-corrected chi connectivity index (χ3v) is 4.78. The molecule has 2 aromatic rings. The van der Waals surface area contributed by atoms with Gasteiger partial charge in [0.15, 0.2) is 0 Å². The molecule has 1 aromatic carbocycles. The molecule has 0 radical (unpaired) electrons. The number of hydrogen-bond donors (Lipinski definition) is 2. The van der Waals surface area contributed by atoms with Crippen LogP contribution in [0.25, 0.3) is 0 Å². The number of halogens is 3. The van der Waals surface area contributed by atoms with E-state index in [9.17, 15) is 8.42 Å². The van der Waals surface area contributed by atoms with Crippen molar-refractivity contribution in [2.24, 2.45) is 0 Å². The van der Waals surface area contributed by atoms with Crippen LogP contribution < -0.4 is 4.72 Å². The normalized spacial score (nSPS) is 11.7. The number of aromatic nitrogens is 2. The number of benzene rings is 1. The second-order valence-corrected chi connectivity index (χ2v) is 6.56. The molecule has 2 N–H and O–H groups in total. The van der Waals surface area contributed by atoms with Crippen molar-refractivity contribution in [2.75, 3.05) is 0 Å². The van der Waals surface area contributed by atoms with Gasteiger partial charge in [0.1, 0.15) is 4.90 Å². The van der Waals surface area contributed by atoms with Crippen molar-refractivity contribution in [1.29, 1.82) is 0 Å². The zero-order chi connectivity index (χ0) is 14.0. The number of nitrogens with one attached hydrogen (secondary N) is 2. The van der Waals surface area contributed by atoms with Crippen molar-refractivity contribution in [1.82, 2.24) is 14.9 Å². The molecule has 1 heterocycles. The standard InChI is InChI=1S/C10H8Cl3N3O2S/c11-6-3-8(12)10(9(13)4-6)19(17,18)15-5-7-1-2-14-16-7/h1-4,15H,5H2,(H,14,16). The highest BCUT2D eigenvalue weighted by molar-refractivity contribution is 7.89. The summed E-state index contributed by atoms with van der Waals surface area (Å²) in [7, 11) is -3.83. The van der Waals surface area contributed by atoms with Crippen LogP contribution in [0.15, 0.2) is 29.3 Å². The van der Waals surface area contributed by atoms with E-state index in [2.05, 4.69) is 14.9 Å². The summed E-state index contributed by atoms with van der Waals surface area (Å²) in [5.74, 6) is 0. The predicted octanol–water partition coefficient (Wildman–Crippen LogP) is 2.85. The molecule has 0 unspecified atom stereocenters. The minimum Gasteiger partial charge on any atom is -0.281 e. The molecule has 9 heteroatoms. The van der Waals surface area contributed by atoms with Crippen molar-refractivity contribution in [3.8, 4) is 0 Å². The summed E-state index contributed by atoms with van der Waals surface area (Å²) >= 11 is 17.5. The SMILES string of the molecule is O=S(=O)(NCc1ccn[nH]1)c1c(Cl)cc(Cl)cc1Cl. The van der Waals surface area contributed by atoms with Gasteiger partial charge in [0, 0.05) is 11.2 Å². The number of nitrogens with zero attached hydrogens (tertiary/aromatic N) is 1. The summed E-state index contributed by atoms with van der Waals surface area (Å²) in [5.41, 5.74) is 0.616. The molecule has 0 atom stereocenters. The maximum absolute atomic E-state index is 12.1. The lowest BCUT2D eigenvalue weighted by Gasteiger charge is -2.09. The lowest BCUT2D eigenvalue weighted by molar-refractivity contribution is 0.580. The lowest BCUT2D eigenvalue weighted by Crippen LogP contribution is -2.24. The number of sulfonamides is 1. The predicted molar refractivity (Wildman–Crippen MR) is 74.1 cm³/mol. The maximum atomic E-state index is 12.1. The highest BCUT2D eigenvalue weighted by Gasteiger charge is 2.22. The van der Waals surface area contributed by atoms with E-state index in [0.717, 1.165) is 0 Å². The molecule has 0 amide bonds. The molecule has 0 saturated carbocycles. The van der Waals surface area contributed by atoms with Crippen LogP contribution in [0.2, 0.25) is 15.1 Å². The van der Waals surface area contributed by atoms with Gasteiger partial charge in [0.25, 0.3) is 0 Å². The first kappa shape index (κ1) is 14.6. The van der Waals surface area contributed by atoms with E-state index in [4.69, 9.17) is 34.8 Å². The Morgan fingerprint density at radius 2 is 1.84 bits per heavy atom. The van der Waals surface area contributed by atoms with Gasteiger partial charge in [-0.1, -0.05) is 34.8 Å².